The van der Waals surface area contributed by atoms with Gasteiger partial charge in [0.15, 0.2) is 0 Å². The third-order valence-corrected chi connectivity index (χ3v) is 2.54. The Morgan fingerprint density at radius 1 is 1.50 bits per heavy atom. The standard InChI is InChI=1S/C12H18N2O4/c1-7(2)4-10(12(16)17)13-11(15)5-9-6-18-14-8(9)3/h6-7,10H,4-5H2,1-3H3,(H,13,15)(H,16,17)/t10-/m1/s1. The van der Waals surface area contributed by atoms with Crippen LogP contribution in [0.3, 0.4) is 0 Å². The average molecular weight is 254 g/mol. The molecule has 0 aliphatic heterocycles. The van der Waals surface area contributed by atoms with Crippen molar-refractivity contribution in [1.82, 2.24) is 10.5 Å². The van der Waals surface area contributed by atoms with Crippen molar-refractivity contribution >= 4 is 11.9 Å². The number of carbonyl (C=O) groups is 2. The lowest BCUT2D eigenvalue weighted by Gasteiger charge is -2.16. The summed E-state index contributed by atoms with van der Waals surface area (Å²) in [4.78, 5) is 22.7. The van der Waals surface area contributed by atoms with Crippen molar-refractivity contribution in [2.45, 2.75) is 39.7 Å². The predicted molar refractivity (Wildman–Crippen MR) is 64.0 cm³/mol. The molecule has 18 heavy (non-hydrogen) atoms. The molecule has 1 aromatic heterocycles. The molecular weight excluding hydrogens is 236 g/mol. The van der Waals surface area contributed by atoms with Gasteiger partial charge in [-0.2, -0.15) is 0 Å². The summed E-state index contributed by atoms with van der Waals surface area (Å²) in [5.41, 5.74) is 1.31. The van der Waals surface area contributed by atoms with Gasteiger partial charge in [0.2, 0.25) is 5.91 Å². The van der Waals surface area contributed by atoms with Crippen LogP contribution < -0.4 is 5.32 Å². The Bertz CT molecular complexity index is 425. The molecular formula is C12H18N2O4. The van der Waals surface area contributed by atoms with Gasteiger partial charge in [0.25, 0.3) is 0 Å². The number of rotatable bonds is 6. The molecule has 2 N–H and O–H groups in total. The van der Waals surface area contributed by atoms with E-state index in [1.807, 2.05) is 13.8 Å². The Balaban J connectivity index is 2.56. The molecule has 0 aromatic carbocycles. The van der Waals surface area contributed by atoms with Crippen LogP contribution in [-0.4, -0.2) is 28.2 Å². The number of aromatic nitrogens is 1. The fourth-order valence-corrected chi connectivity index (χ4v) is 1.59. The first-order chi connectivity index (χ1) is 8.40. The summed E-state index contributed by atoms with van der Waals surface area (Å²) in [6.07, 6.45) is 1.88. The second-order valence-corrected chi connectivity index (χ2v) is 4.69. The van der Waals surface area contributed by atoms with Crippen LogP contribution in [0.2, 0.25) is 0 Å². The van der Waals surface area contributed by atoms with E-state index in [9.17, 15) is 9.59 Å². The Morgan fingerprint density at radius 3 is 2.61 bits per heavy atom. The van der Waals surface area contributed by atoms with E-state index < -0.39 is 12.0 Å². The maximum absolute atomic E-state index is 11.7. The van der Waals surface area contributed by atoms with Crippen molar-refractivity contribution in [1.29, 1.82) is 0 Å². The Kier molecular flexibility index (Phi) is 4.88. The van der Waals surface area contributed by atoms with Crippen molar-refractivity contribution in [3.05, 3.63) is 17.5 Å². The van der Waals surface area contributed by atoms with Crippen LogP contribution in [0.15, 0.2) is 10.8 Å². The molecule has 1 rings (SSSR count). The lowest BCUT2D eigenvalue weighted by molar-refractivity contribution is -0.142. The highest BCUT2D eigenvalue weighted by molar-refractivity contribution is 5.84. The van der Waals surface area contributed by atoms with E-state index in [1.165, 1.54) is 6.26 Å². The number of carbonyl (C=O) groups excluding carboxylic acids is 1. The quantitative estimate of drug-likeness (QED) is 0.794. The largest absolute Gasteiger partial charge is 0.480 e. The first-order valence-electron chi connectivity index (χ1n) is 5.82. The predicted octanol–water partition coefficient (Wildman–Crippen LogP) is 1.14. The molecule has 0 saturated heterocycles. The fourth-order valence-electron chi connectivity index (χ4n) is 1.59. The minimum absolute atomic E-state index is 0.0806. The number of hydrogen-bond acceptors (Lipinski definition) is 4. The van der Waals surface area contributed by atoms with Crippen LogP contribution in [0.4, 0.5) is 0 Å². The van der Waals surface area contributed by atoms with Crippen LogP contribution in [-0.2, 0) is 16.0 Å². The molecule has 0 spiro atoms. The highest BCUT2D eigenvalue weighted by Crippen LogP contribution is 2.08. The van der Waals surface area contributed by atoms with Gasteiger partial charge >= 0.3 is 5.97 Å². The zero-order valence-corrected chi connectivity index (χ0v) is 10.8. The van der Waals surface area contributed by atoms with Crippen LogP contribution in [0.5, 0.6) is 0 Å². The summed E-state index contributed by atoms with van der Waals surface area (Å²) in [7, 11) is 0. The average Bonchev–Trinajstić information content (AvgIpc) is 2.62. The van der Waals surface area contributed by atoms with Gasteiger partial charge in [0.05, 0.1) is 12.1 Å². The lowest BCUT2D eigenvalue weighted by Crippen LogP contribution is -2.42. The van der Waals surface area contributed by atoms with Crippen LogP contribution >= 0.6 is 0 Å². The number of carboxylic acid groups (broad SMARTS) is 1. The zero-order chi connectivity index (χ0) is 13.7. The molecule has 0 unspecified atom stereocenters. The number of nitrogens with zero attached hydrogens (tertiary/aromatic N) is 1. The van der Waals surface area contributed by atoms with Crippen molar-refractivity contribution in [3.63, 3.8) is 0 Å². The normalized spacial score (nSPS) is 12.4. The van der Waals surface area contributed by atoms with E-state index in [2.05, 4.69) is 10.5 Å². The smallest absolute Gasteiger partial charge is 0.326 e. The molecule has 1 heterocycles. The van der Waals surface area contributed by atoms with Crippen molar-refractivity contribution in [3.8, 4) is 0 Å². The number of amides is 1. The molecule has 6 heteroatoms. The molecule has 0 aliphatic rings. The van der Waals surface area contributed by atoms with Gasteiger partial charge < -0.3 is 14.9 Å². The third kappa shape index (κ3) is 4.20. The van der Waals surface area contributed by atoms with Crippen molar-refractivity contribution < 1.29 is 19.2 Å². The SMILES string of the molecule is Cc1nocc1CC(=O)N[C@H](CC(C)C)C(=O)O. The zero-order valence-electron chi connectivity index (χ0n) is 10.8. The maximum Gasteiger partial charge on any atom is 0.326 e. The Labute approximate surface area is 105 Å². The summed E-state index contributed by atoms with van der Waals surface area (Å²) < 4.78 is 4.72. The van der Waals surface area contributed by atoms with E-state index in [4.69, 9.17) is 9.63 Å². The number of carboxylic acids is 1. The second-order valence-electron chi connectivity index (χ2n) is 4.69. The molecule has 6 nitrogen and oxygen atoms in total. The number of hydrogen-bond donors (Lipinski definition) is 2. The first kappa shape index (κ1) is 14.2. The maximum atomic E-state index is 11.7. The summed E-state index contributed by atoms with van der Waals surface area (Å²) in [5.74, 6) is -1.16. The number of nitrogens with one attached hydrogen (secondary N) is 1. The van der Waals surface area contributed by atoms with Gasteiger partial charge in [0, 0.05) is 5.56 Å². The summed E-state index contributed by atoms with van der Waals surface area (Å²) in [6, 6.07) is -0.849. The van der Waals surface area contributed by atoms with Crippen molar-refractivity contribution in [2.75, 3.05) is 0 Å². The van der Waals surface area contributed by atoms with Crippen LogP contribution in [0.1, 0.15) is 31.5 Å². The Morgan fingerprint density at radius 2 is 2.17 bits per heavy atom. The van der Waals surface area contributed by atoms with Crippen LogP contribution in [0.25, 0.3) is 0 Å². The molecule has 1 amide bonds. The topological polar surface area (TPSA) is 92.4 Å². The third-order valence-electron chi connectivity index (χ3n) is 2.54. The molecule has 0 aliphatic carbocycles. The first-order valence-corrected chi connectivity index (χ1v) is 5.82. The highest BCUT2D eigenvalue weighted by atomic mass is 16.5. The van der Waals surface area contributed by atoms with Gasteiger partial charge in [-0.3, -0.25) is 4.79 Å². The van der Waals surface area contributed by atoms with Gasteiger partial charge in [-0.1, -0.05) is 19.0 Å². The molecule has 1 aromatic rings. The summed E-state index contributed by atoms with van der Waals surface area (Å²) in [5, 5.41) is 15.2. The van der Waals surface area contributed by atoms with E-state index in [0.717, 1.165) is 0 Å². The molecule has 0 fully saturated rings. The molecule has 100 valence electrons. The molecule has 1 atom stereocenters. The Hall–Kier alpha value is -1.85. The minimum atomic E-state index is -1.01. The summed E-state index contributed by atoms with van der Waals surface area (Å²) in [6.45, 7) is 5.55. The summed E-state index contributed by atoms with van der Waals surface area (Å²) >= 11 is 0. The minimum Gasteiger partial charge on any atom is -0.480 e. The van der Waals surface area contributed by atoms with Crippen molar-refractivity contribution in [2.24, 2.45) is 5.92 Å². The number of aliphatic carboxylic acids is 1. The lowest BCUT2D eigenvalue weighted by atomic mass is 10.0. The molecule has 0 bridgehead atoms. The molecule has 0 saturated carbocycles. The van der Waals surface area contributed by atoms with E-state index in [0.29, 0.717) is 17.7 Å². The van der Waals surface area contributed by atoms with E-state index in [-0.39, 0.29) is 18.2 Å². The van der Waals surface area contributed by atoms with Crippen LogP contribution in [0, 0.1) is 12.8 Å². The van der Waals surface area contributed by atoms with E-state index >= 15 is 0 Å². The molecule has 0 radical (unpaired) electrons. The van der Waals surface area contributed by atoms with Gasteiger partial charge in [0.1, 0.15) is 12.3 Å². The fraction of sp³-hybridized carbons (Fsp3) is 0.583. The van der Waals surface area contributed by atoms with Gasteiger partial charge in [-0.15, -0.1) is 0 Å². The van der Waals surface area contributed by atoms with E-state index in [1.54, 1.807) is 6.92 Å². The monoisotopic (exact) mass is 254 g/mol. The highest BCUT2D eigenvalue weighted by Gasteiger charge is 2.21. The number of aryl methyl sites for hydroxylation is 1. The second kappa shape index (κ2) is 6.18. The van der Waals surface area contributed by atoms with Gasteiger partial charge in [-0.05, 0) is 19.3 Å². The van der Waals surface area contributed by atoms with Gasteiger partial charge in [-0.25, -0.2) is 4.79 Å².